The van der Waals surface area contributed by atoms with E-state index in [0.717, 1.165) is 12.1 Å². The van der Waals surface area contributed by atoms with Crippen LogP contribution >= 0.6 is 0 Å². The molecule has 0 atom stereocenters. The number of fused-ring (bicyclic) bond motifs is 2. The molecule has 1 aliphatic heterocycles. The minimum absolute atomic E-state index is 0.295. The molecule has 0 bridgehead atoms. The van der Waals surface area contributed by atoms with Crippen molar-refractivity contribution in [2.45, 2.75) is 13.1 Å². The second-order valence-corrected chi connectivity index (χ2v) is 8.40. The van der Waals surface area contributed by atoms with E-state index in [4.69, 9.17) is 9.47 Å². The highest BCUT2D eigenvalue weighted by molar-refractivity contribution is 5.91. The predicted molar refractivity (Wildman–Crippen MR) is 130 cm³/mol. The summed E-state index contributed by atoms with van der Waals surface area (Å²) in [4.78, 5) is 8.97. The van der Waals surface area contributed by atoms with E-state index >= 15 is 0 Å². The Morgan fingerprint density at radius 2 is 1.76 bits per heavy atom. The van der Waals surface area contributed by atoms with E-state index < -0.39 is 11.7 Å². The van der Waals surface area contributed by atoms with Gasteiger partial charge in [-0.15, -0.1) is 5.10 Å². The van der Waals surface area contributed by atoms with Crippen LogP contribution in [0.25, 0.3) is 28.0 Å². The van der Waals surface area contributed by atoms with Crippen LogP contribution in [0.15, 0.2) is 66.9 Å². The van der Waals surface area contributed by atoms with E-state index in [-0.39, 0.29) is 0 Å². The number of ether oxygens (including phenoxy) is 2. The van der Waals surface area contributed by atoms with Gasteiger partial charge in [-0.1, -0.05) is 12.1 Å². The van der Waals surface area contributed by atoms with E-state index in [9.17, 15) is 13.2 Å². The Labute approximate surface area is 208 Å². The van der Waals surface area contributed by atoms with E-state index in [1.54, 1.807) is 30.5 Å². The van der Waals surface area contributed by atoms with Crippen LogP contribution in [0.3, 0.4) is 0 Å². The number of nitrogens with zero attached hydrogens (tertiary/aromatic N) is 5. The van der Waals surface area contributed by atoms with Gasteiger partial charge >= 0.3 is 6.18 Å². The van der Waals surface area contributed by atoms with E-state index in [1.165, 1.54) is 10.7 Å². The maximum absolute atomic E-state index is 13.4. The lowest BCUT2D eigenvalue weighted by atomic mass is 10.0. The van der Waals surface area contributed by atoms with Gasteiger partial charge in [-0.05, 0) is 49.4 Å². The summed E-state index contributed by atoms with van der Waals surface area (Å²) in [6.45, 7) is 2.76. The Morgan fingerprint density at radius 3 is 2.59 bits per heavy atom. The number of rotatable bonds is 4. The summed E-state index contributed by atoms with van der Waals surface area (Å²) in [6, 6.07) is 15.8. The molecule has 0 radical (unpaired) electrons. The largest absolute Gasteiger partial charge is 0.486 e. The summed E-state index contributed by atoms with van der Waals surface area (Å²) >= 11 is 0. The van der Waals surface area contributed by atoms with Crippen molar-refractivity contribution in [2.75, 3.05) is 18.5 Å². The van der Waals surface area contributed by atoms with Crippen molar-refractivity contribution < 1.29 is 22.6 Å². The van der Waals surface area contributed by atoms with Crippen LogP contribution in [0, 0.1) is 6.92 Å². The quantitative estimate of drug-likeness (QED) is 0.336. The molecular formula is C26H19F3N6O2. The minimum Gasteiger partial charge on any atom is -0.486 e. The Kier molecular flexibility index (Phi) is 5.40. The van der Waals surface area contributed by atoms with Gasteiger partial charge in [0.05, 0.1) is 28.0 Å². The standard InChI is InChI=1S/C26H19F3N6O2/c1-15-5-7-20-23(24(34-35(20)33-15)16-3-2-4-17(13-16)26(27,28)29)19-9-10-30-25(32-19)31-18-6-8-21-22(14-18)37-12-11-36-21/h2-10,13-14H,11-12H2,1H3,(H,30,31,32). The summed E-state index contributed by atoms with van der Waals surface area (Å²) in [7, 11) is 0. The van der Waals surface area contributed by atoms with Crippen molar-refractivity contribution in [1.82, 2.24) is 24.8 Å². The summed E-state index contributed by atoms with van der Waals surface area (Å²) in [5.74, 6) is 1.57. The molecule has 1 aliphatic rings. The van der Waals surface area contributed by atoms with Crippen molar-refractivity contribution in [3.63, 3.8) is 0 Å². The maximum Gasteiger partial charge on any atom is 0.416 e. The molecule has 1 N–H and O–H groups in total. The lowest BCUT2D eigenvalue weighted by Crippen LogP contribution is -2.15. The number of hydrogen-bond acceptors (Lipinski definition) is 7. The first-order valence-corrected chi connectivity index (χ1v) is 11.4. The Morgan fingerprint density at radius 1 is 0.919 bits per heavy atom. The Hall–Kier alpha value is -4.67. The molecule has 2 aromatic carbocycles. The topological polar surface area (TPSA) is 86.5 Å². The van der Waals surface area contributed by atoms with Gasteiger partial charge in [-0.2, -0.15) is 22.9 Å². The number of nitrogens with one attached hydrogen (secondary N) is 1. The summed E-state index contributed by atoms with van der Waals surface area (Å²) in [5, 5.41) is 12.1. The molecule has 0 amide bonds. The molecule has 0 aliphatic carbocycles. The molecule has 5 aromatic rings. The molecule has 8 nitrogen and oxygen atoms in total. The summed E-state index contributed by atoms with van der Waals surface area (Å²) in [5.41, 5.74) is 2.88. The first kappa shape index (κ1) is 22.8. The molecule has 0 saturated carbocycles. The molecule has 0 unspecified atom stereocenters. The average molecular weight is 504 g/mol. The molecule has 37 heavy (non-hydrogen) atoms. The van der Waals surface area contributed by atoms with Crippen LogP contribution in [-0.2, 0) is 6.18 Å². The van der Waals surface area contributed by atoms with Crippen molar-refractivity contribution in [2.24, 2.45) is 0 Å². The maximum atomic E-state index is 13.4. The number of aryl methyl sites for hydroxylation is 1. The number of halogens is 3. The zero-order valence-electron chi connectivity index (χ0n) is 19.5. The highest BCUT2D eigenvalue weighted by Gasteiger charge is 2.31. The van der Waals surface area contributed by atoms with Gasteiger partial charge in [0.15, 0.2) is 11.5 Å². The molecule has 0 saturated heterocycles. The summed E-state index contributed by atoms with van der Waals surface area (Å²) < 4.78 is 52.9. The Bertz CT molecular complexity index is 1630. The van der Waals surface area contributed by atoms with E-state index in [0.29, 0.717) is 70.1 Å². The molecule has 3 aromatic heterocycles. The smallest absolute Gasteiger partial charge is 0.416 e. The molecular weight excluding hydrogens is 485 g/mol. The number of benzene rings is 2. The average Bonchev–Trinajstić information content (AvgIpc) is 3.27. The molecule has 186 valence electrons. The zero-order chi connectivity index (χ0) is 25.6. The monoisotopic (exact) mass is 504 g/mol. The molecule has 6 rings (SSSR count). The van der Waals surface area contributed by atoms with Crippen molar-refractivity contribution >= 4 is 17.2 Å². The van der Waals surface area contributed by atoms with Gasteiger partial charge in [-0.3, -0.25) is 0 Å². The number of aromatic nitrogens is 5. The fourth-order valence-corrected chi connectivity index (χ4v) is 4.13. The first-order valence-electron chi connectivity index (χ1n) is 11.4. The van der Waals surface area contributed by atoms with E-state index in [1.807, 2.05) is 25.1 Å². The molecule has 0 fully saturated rings. The van der Waals surface area contributed by atoms with Gasteiger partial charge in [0.25, 0.3) is 0 Å². The number of anilines is 2. The zero-order valence-corrected chi connectivity index (χ0v) is 19.5. The molecule has 11 heteroatoms. The van der Waals surface area contributed by atoms with Crippen LogP contribution < -0.4 is 14.8 Å². The fraction of sp³-hybridized carbons (Fsp3) is 0.154. The lowest BCUT2D eigenvalue weighted by Gasteiger charge is -2.19. The molecule has 0 spiro atoms. The van der Waals surface area contributed by atoms with Gasteiger partial charge in [0, 0.05) is 23.5 Å². The van der Waals surface area contributed by atoms with Crippen molar-refractivity contribution in [3.05, 3.63) is 78.1 Å². The molecule has 4 heterocycles. The lowest BCUT2D eigenvalue weighted by molar-refractivity contribution is -0.137. The highest BCUT2D eigenvalue weighted by Crippen LogP contribution is 2.38. The van der Waals surface area contributed by atoms with Crippen LogP contribution in [0.4, 0.5) is 24.8 Å². The van der Waals surface area contributed by atoms with Crippen LogP contribution in [0.1, 0.15) is 11.3 Å². The third-order valence-electron chi connectivity index (χ3n) is 5.81. The normalized spacial score (nSPS) is 13.1. The highest BCUT2D eigenvalue weighted by atomic mass is 19.4. The van der Waals surface area contributed by atoms with Crippen LogP contribution in [-0.4, -0.2) is 38.0 Å². The Balaban J connectivity index is 1.44. The summed E-state index contributed by atoms with van der Waals surface area (Å²) in [6.07, 6.45) is -2.91. The van der Waals surface area contributed by atoms with Gasteiger partial charge < -0.3 is 14.8 Å². The van der Waals surface area contributed by atoms with Crippen LogP contribution in [0.5, 0.6) is 11.5 Å². The van der Waals surface area contributed by atoms with Crippen LogP contribution in [0.2, 0.25) is 0 Å². The number of alkyl halides is 3. The minimum atomic E-state index is -4.49. The third-order valence-corrected chi connectivity index (χ3v) is 5.81. The first-order chi connectivity index (χ1) is 17.8. The second kappa shape index (κ2) is 8.77. The fourth-order valence-electron chi connectivity index (χ4n) is 4.13. The van der Waals surface area contributed by atoms with Gasteiger partial charge in [0.1, 0.15) is 18.9 Å². The van der Waals surface area contributed by atoms with Crippen molar-refractivity contribution in [3.8, 4) is 34.0 Å². The van der Waals surface area contributed by atoms with E-state index in [2.05, 4.69) is 25.5 Å². The third kappa shape index (κ3) is 4.39. The van der Waals surface area contributed by atoms with Gasteiger partial charge in [0.2, 0.25) is 5.95 Å². The SMILES string of the molecule is Cc1ccc2c(-c3ccnc(Nc4ccc5c(c4)OCCO5)n3)c(-c3cccc(C(F)(F)F)c3)nn2n1. The number of hydrogen-bond donors (Lipinski definition) is 1. The van der Waals surface area contributed by atoms with Gasteiger partial charge in [-0.25, -0.2) is 9.97 Å². The predicted octanol–water partition coefficient (Wildman–Crippen LogP) is 5.70. The second-order valence-electron chi connectivity index (χ2n) is 8.40. The van der Waals surface area contributed by atoms with Crippen molar-refractivity contribution in [1.29, 1.82) is 0 Å².